The van der Waals surface area contributed by atoms with E-state index in [4.69, 9.17) is 36.0 Å². The molecule has 2 amide bonds. The fourth-order valence-corrected chi connectivity index (χ4v) is 9.86. The lowest BCUT2D eigenvalue weighted by Gasteiger charge is -2.28. The van der Waals surface area contributed by atoms with Crippen molar-refractivity contribution in [2.45, 2.75) is 118 Å². The lowest BCUT2D eigenvalue weighted by atomic mass is 10.1. The minimum absolute atomic E-state index is 0.311. The molecule has 0 heterocycles. The van der Waals surface area contributed by atoms with Crippen LogP contribution in [0.15, 0.2) is 0 Å². The maximum Gasteiger partial charge on any atom is 0.501 e. The first-order chi connectivity index (χ1) is 21.4. The first-order valence-electron chi connectivity index (χ1n) is 17.0. The van der Waals surface area contributed by atoms with Gasteiger partial charge in [-0.3, -0.25) is 0 Å². The number of alkyl carbamates (subject to hydrolysis) is 2. The van der Waals surface area contributed by atoms with E-state index in [1.165, 1.54) is 12.8 Å². The molecule has 0 unspecified atom stereocenters. The molecule has 0 bridgehead atoms. The molecule has 2 N–H and O–H groups in total. The van der Waals surface area contributed by atoms with Crippen LogP contribution in [0, 0.1) is 0 Å². The van der Waals surface area contributed by atoms with Crippen molar-refractivity contribution in [3.63, 3.8) is 0 Å². The van der Waals surface area contributed by atoms with Gasteiger partial charge in [0.25, 0.3) is 0 Å². The standard InChI is InChI=1S/C30H64N2O10Si2/c1-7-37-43(38-8-2,39-9-3)27-21-25-35-29(33)31-23-19-17-15-13-14-16-18-20-24-32-30(34)36-26-22-28-44(40-10-4,41-11-5)42-12-6/h7-28H2,1-6H3,(H,31,33)(H,32,34). The van der Waals surface area contributed by atoms with Gasteiger partial charge in [-0.2, -0.15) is 0 Å². The van der Waals surface area contributed by atoms with Crippen LogP contribution in [0.4, 0.5) is 9.59 Å². The zero-order valence-corrected chi connectivity index (χ0v) is 30.6. The molecule has 0 spiro atoms. The fraction of sp³-hybridized carbons (Fsp3) is 0.933. The fourth-order valence-electron chi connectivity index (χ4n) is 4.70. The largest absolute Gasteiger partial charge is 0.501 e. The zero-order valence-electron chi connectivity index (χ0n) is 28.6. The third-order valence-electron chi connectivity index (χ3n) is 6.55. The number of hydrogen-bond acceptors (Lipinski definition) is 10. The summed E-state index contributed by atoms with van der Waals surface area (Å²) in [6, 6.07) is 1.25. The van der Waals surface area contributed by atoms with Crippen LogP contribution in [0.5, 0.6) is 0 Å². The van der Waals surface area contributed by atoms with Gasteiger partial charge >= 0.3 is 29.8 Å². The Morgan fingerprint density at radius 2 is 0.705 bits per heavy atom. The lowest BCUT2D eigenvalue weighted by Crippen LogP contribution is -2.46. The molecule has 12 nitrogen and oxygen atoms in total. The summed E-state index contributed by atoms with van der Waals surface area (Å²) in [6.45, 7) is 16.6. The minimum atomic E-state index is -2.69. The Hall–Kier alpha value is -1.27. The normalized spacial score (nSPS) is 11.9. The van der Waals surface area contributed by atoms with Crippen molar-refractivity contribution >= 4 is 29.8 Å². The molecule has 0 fully saturated rings. The minimum Gasteiger partial charge on any atom is -0.450 e. The van der Waals surface area contributed by atoms with E-state index in [-0.39, 0.29) is 12.2 Å². The van der Waals surface area contributed by atoms with Gasteiger partial charge in [-0.05, 0) is 67.2 Å². The van der Waals surface area contributed by atoms with E-state index in [2.05, 4.69) is 10.6 Å². The van der Waals surface area contributed by atoms with Gasteiger partial charge in [-0.1, -0.05) is 38.5 Å². The lowest BCUT2D eigenvalue weighted by molar-refractivity contribution is 0.0677. The second-order valence-electron chi connectivity index (χ2n) is 10.1. The Morgan fingerprint density at radius 3 is 0.977 bits per heavy atom. The summed E-state index contributed by atoms with van der Waals surface area (Å²) in [6.07, 6.45) is 9.14. The molecule has 0 aliphatic carbocycles. The van der Waals surface area contributed by atoms with Gasteiger partial charge in [-0.15, -0.1) is 0 Å². The van der Waals surface area contributed by atoms with Gasteiger partial charge in [0.15, 0.2) is 0 Å². The number of unbranched alkanes of at least 4 members (excludes halogenated alkanes) is 7. The Kier molecular flexibility index (Phi) is 28.3. The summed E-state index contributed by atoms with van der Waals surface area (Å²) >= 11 is 0. The molecule has 0 aliphatic heterocycles. The predicted octanol–water partition coefficient (Wildman–Crippen LogP) is 6.44. The highest BCUT2D eigenvalue weighted by Crippen LogP contribution is 2.19. The van der Waals surface area contributed by atoms with Crippen LogP contribution in [-0.2, 0) is 36.0 Å². The number of rotatable bonds is 31. The molecule has 14 heteroatoms. The number of carbonyl (C=O) groups is 2. The Bertz CT molecular complexity index is 604. The van der Waals surface area contributed by atoms with Gasteiger partial charge < -0.3 is 46.7 Å². The summed E-state index contributed by atoms with van der Waals surface area (Å²) < 4.78 is 45.5. The van der Waals surface area contributed by atoms with E-state index in [0.717, 1.165) is 38.5 Å². The molecule has 0 aliphatic rings. The highest BCUT2D eigenvalue weighted by molar-refractivity contribution is 6.61. The SMILES string of the molecule is CCO[Si](CCCOC(=O)NCCCCCCCCCCNC(=O)OCCC[Si](OCC)(OCC)OCC)(OCC)OCC. The topological polar surface area (TPSA) is 132 Å². The Labute approximate surface area is 269 Å². The summed E-state index contributed by atoms with van der Waals surface area (Å²) in [5, 5.41) is 5.65. The molecule has 0 atom stereocenters. The van der Waals surface area contributed by atoms with Crippen LogP contribution in [0.2, 0.25) is 12.1 Å². The molecule has 0 saturated carbocycles. The molecule has 262 valence electrons. The average molecular weight is 669 g/mol. The molecular formula is C30H64N2O10Si2. The van der Waals surface area contributed by atoms with Crippen molar-refractivity contribution in [1.82, 2.24) is 10.6 Å². The van der Waals surface area contributed by atoms with Crippen molar-refractivity contribution in [1.29, 1.82) is 0 Å². The molecule has 0 radical (unpaired) electrons. The second kappa shape index (κ2) is 29.2. The molecule has 0 aromatic heterocycles. The summed E-state index contributed by atoms with van der Waals surface area (Å²) in [5.74, 6) is 0. The number of nitrogens with one attached hydrogen (secondary N) is 2. The van der Waals surface area contributed by atoms with Gasteiger partial charge in [0.05, 0.1) is 13.2 Å². The highest BCUT2D eigenvalue weighted by atomic mass is 28.4. The number of amides is 2. The molecule has 0 aromatic carbocycles. The van der Waals surface area contributed by atoms with Crippen molar-refractivity contribution in [3.8, 4) is 0 Å². The molecule has 0 aromatic rings. The van der Waals surface area contributed by atoms with Crippen LogP contribution < -0.4 is 10.6 Å². The first-order valence-corrected chi connectivity index (χ1v) is 20.9. The summed E-state index contributed by atoms with van der Waals surface area (Å²) in [7, 11) is -5.38. The van der Waals surface area contributed by atoms with Gasteiger partial charge in [-0.25, -0.2) is 9.59 Å². The Morgan fingerprint density at radius 1 is 0.432 bits per heavy atom. The summed E-state index contributed by atoms with van der Waals surface area (Å²) in [5.41, 5.74) is 0. The maximum absolute atomic E-state index is 12.0. The second-order valence-corrected chi connectivity index (χ2v) is 15.6. The highest BCUT2D eigenvalue weighted by Gasteiger charge is 2.40. The van der Waals surface area contributed by atoms with Crippen molar-refractivity contribution in [3.05, 3.63) is 0 Å². The third kappa shape index (κ3) is 22.3. The van der Waals surface area contributed by atoms with E-state index in [1.54, 1.807) is 0 Å². The number of hydrogen-bond donors (Lipinski definition) is 2. The van der Waals surface area contributed by atoms with Gasteiger partial charge in [0, 0.05) is 64.8 Å². The monoisotopic (exact) mass is 668 g/mol. The van der Waals surface area contributed by atoms with E-state index in [9.17, 15) is 9.59 Å². The first kappa shape index (κ1) is 42.7. The maximum atomic E-state index is 12.0. The van der Waals surface area contributed by atoms with Gasteiger partial charge in [0.1, 0.15) is 0 Å². The average Bonchev–Trinajstić information content (AvgIpc) is 2.99. The third-order valence-corrected chi connectivity index (χ3v) is 12.9. The zero-order chi connectivity index (χ0) is 32.8. The quantitative estimate of drug-likeness (QED) is 0.0629. The molecule has 44 heavy (non-hydrogen) atoms. The van der Waals surface area contributed by atoms with Crippen LogP contribution in [0.1, 0.15) is 106 Å². The predicted molar refractivity (Wildman–Crippen MR) is 176 cm³/mol. The molecular weight excluding hydrogens is 605 g/mol. The van der Waals surface area contributed by atoms with E-state index in [0.29, 0.717) is 90.9 Å². The van der Waals surface area contributed by atoms with E-state index < -0.39 is 17.6 Å². The van der Waals surface area contributed by atoms with Crippen LogP contribution in [0.3, 0.4) is 0 Å². The Balaban J connectivity index is 3.71. The number of ether oxygens (including phenoxy) is 2. The van der Waals surface area contributed by atoms with Crippen LogP contribution in [-0.4, -0.2) is 95.7 Å². The summed E-state index contributed by atoms with van der Waals surface area (Å²) in [4.78, 5) is 23.9. The van der Waals surface area contributed by atoms with E-state index in [1.807, 2.05) is 41.5 Å². The van der Waals surface area contributed by atoms with E-state index >= 15 is 0 Å². The van der Waals surface area contributed by atoms with Crippen LogP contribution >= 0.6 is 0 Å². The molecule has 0 rings (SSSR count). The van der Waals surface area contributed by atoms with Crippen molar-refractivity contribution in [2.75, 3.05) is 65.9 Å². The smallest absolute Gasteiger partial charge is 0.450 e. The number of carbonyl (C=O) groups excluding carboxylic acids is 2. The van der Waals surface area contributed by atoms with Crippen LogP contribution in [0.25, 0.3) is 0 Å². The molecule has 0 saturated heterocycles. The van der Waals surface area contributed by atoms with Crippen molar-refractivity contribution < 1.29 is 45.6 Å². The van der Waals surface area contributed by atoms with Gasteiger partial charge in [0.2, 0.25) is 0 Å². The van der Waals surface area contributed by atoms with Crippen molar-refractivity contribution in [2.24, 2.45) is 0 Å².